The molecule has 0 aliphatic rings. The molecule has 0 rings (SSSR count). The van der Waals surface area contributed by atoms with Crippen LogP contribution in [0.3, 0.4) is 0 Å². The van der Waals surface area contributed by atoms with E-state index in [1.54, 1.807) is 13.8 Å². The first-order valence-electron chi connectivity index (χ1n) is 23.1. The van der Waals surface area contributed by atoms with Gasteiger partial charge in [0.15, 0.2) is 0 Å². The highest BCUT2D eigenvalue weighted by Crippen LogP contribution is 2.59. The van der Waals surface area contributed by atoms with Crippen molar-refractivity contribution >= 4 is 33.0 Å². The Morgan fingerprint density at radius 3 is 0.750 bits per heavy atom. The number of carbonyl (C=O) groups excluding carboxylic acids is 2. The molecule has 1 N–H and O–H groups in total. The minimum atomic E-state index is -3.32. The lowest BCUT2D eigenvalue weighted by molar-refractivity contribution is -0.139. The Morgan fingerprint density at radius 1 is 0.393 bits per heavy atom. The van der Waals surface area contributed by atoms with Crippen LogP contribution in [-0.2, 0) is 32.1 Å². The summed E-state index contributed by atoms with van der Waals surface area (Å²) in [5.74, 6) is -0.544. The van der Waals surface area contributed by atoms with E-state index in [2.05, 4.69) is 26.1 Å². The minimum Gasteiger partial charge on any atom is -0.462 e. The van der Waals surface area contributed by atoms with Gasteiger partial charge in [-0.1, -0.05) is 210 Å². The molecule has 0 spiro atoms. The Balaban J connectivity index is 3.37. The fraction of sp³-hybridized carbons (Fsp3) is 0.870. The smallest absolute Gasteiger partial charge is 0.462 e. The number of hydrogen-bond donors (Lipinski definition) is 2. The second-order valence-electron chi connectivity index (χ2n) is 16.1. The van der Waals surface area contributed by atoms with E-state index in [-0.39, 0.29) is 11.9 Å². The first-order valence-corrected chi connectivity index (χ1v) is 25.0. The fourth-order valence-corrected chi connectivity index (χ4v) is 7.90. The molecule has 0 aliphatic carbocycles. The number of ether oxygens (including phenoxy) is 2. The van der Waals surface area contributed by atoms with Crippen molar-refractivity contribution in [3.8, 4) is 0 Å². The largest absolute Gasteiger partial charge is 0.584 e. The van der Waals surface area contributed by atoms with Gasteiger partial charge in [-0.3, -0.25) is 0 Å². The maximum Gasteiger partial charge on any atom is 0.584 e. The summed E-state index contributed by atoms with van der Waals surface area (Å²) in [6.07, 6.45) is 42.2. The van der Waals surface area contributed by atoms with Crippen molar-refractivity contribution < 1.29 is 37.0 Å². The van der Waals surface area contributed by atoms with Gasteiger partial charge in [-0.05, 0) is 39.5 Å². The summed E-state index contributed by atoms with van der Waals surface area (Å²) in [5.41, 5.74) is 0.951. The molecular formula is C46H88O8PS+. The Bertz CT molecular complexity index is 865. The summed E-state index contributed by atoms with van der Waals surface area (Å²) in [6, 6.07) is 0. The second kappa shape index (κ2) is 42.2. The Morgan fingerprint density at radius 2 is 0.571 bits per heavy atom. The van der Waals surface area contributed by atoms with Crippen LogP contribution in [0.15, 0.2) is 24.3 Å². The summed E-state index contributed by atoms with van der Waals surface area (Å²) >= 11 is 3.83. The average Bonchev–Trinajstić information content (AvgIpc) is 3.18. The van der Waals surface area contributed by atoms with Crippen LogP contribution in [0.4, 0.5) is 0 Å². The molecule has 0 amide bonds. The highest BCUT2D eigenvalue weighted by Gasteiger charge is 2.44. The van der Waals surface area contributed by atoms with Crippen LogP contribution in [0.25, 0.3) is 0 Å². The molecule has 0 aromatic carbocycles. The quantitative estimate of drug-likeness (QED) is 0.0156. The first-order chi connectivity index (χ1) is 27.2. The molecule has 0 radical (unpaired) electrons. The molecule has 10 heteroatoms. The van der Waals surface area contributed by atoms with Gasteiger partial charge < -0.3 is 9.47 Å². The van der Waals surface area contributed by atoms with E-state index >= 15 is 0 Å². The van der Waals surface area contributed by atoms with Gasteiger partial charge in [-0.15, -0.1) is 0 Å². The lowest BCUT2D eigenvalue weighted by Gasteiger charge is -2.12. The number of hydrogen-bond acceptors (Lipinski definition) is 9. The molecule has 330 valence electrons. The van der Waals surface area contributed by atoms with E-state index in [1.807, 2.05) is 0 Å². The molecule has 8 nitrogen and oxygen atoms in total. The number of rotatable bonds is 45. The topological polar surface area (TPSA) is 101 Å². The van der Waals surface area contributed by atoms with E-state index in [4.69, 9.17) is 22.5 Å². The van der Waals surface area contributed by atoms with Gasteiger partial charge in [0, 0.05) is 24.1 Å². The number of unbranched alkanes of at least 4 members (excludes halogenated alkanes) is 32. The Kier molecular flexibility index (Phi) is 41.5. The summed E-state index contributed by atoms with van der Waals surface area (Å²) in [4.78, 5) is 33.2. The molecule has 0 atom stereocenters. The highest BCUT2D eigenvalue weighted by atomic mass is 32.1. The van der Waals surface area contributed by atoms with Gasteiger partial charge in [-0.2, -0.15) is 13.9 Å². The molecular weight excluding hydrogens is 744 g/mol. The number of thiol groups is 1. The van der Waals surface area contributed by atoms with Crippen molar-refractivity contribution in [3.63, 3.8) is 0 Å². The zero-order valence-corrected chi connectivity index (χ0v) is 38.3. The van der Waals surface area contributed by atoms with Crippen LogP contribution in [0.1, 0.15) is 232 Å². The van der Waals surface area contributed by atoms with Crippen molar-refractivity contribution in [1.29, 1.82) is 0 Å². The number of carbonyl (C=O) groups is 2. The van der Waals surface area contributed by atoms with Crippen molar-refractivity contribution in [3.05, 3.63) is 24.3 Å². The van der Waals surface area contributed by atoms with Gasteiger partial charge in [-0.25, -0.2) is 9.59 Å². The maximum absolute atomic E-state index is 11.3. The molecule has 0 saturated heterocycles. The highest BCUT2D eigenvalue weighted by molar-refractivity contribution is 7.82. The Hall–Kier alpha value is -0.960. The van der Waals surface area contributed by atoms with Crippen LogP contribution in [0.2, 0.25) is 0 Å². The molecule has 0 unspecified atom stereocenters. The molecule has 56 heavy (non-hydrogen) atoms. The van der Waals surface area contributed by atoms with Gasteiger partial charge in [0.2, 0.25) is 0 Å². The van der Waals surface area contributed by atoms with Crippen molar-refractivity contribution in [2.24, 2.45) is 0 Å². The predicted octanol–water partition coefficient (Wildman–Crippen LogP) is 15.1. The molecule has 0 bridgehead atoms. The normalized spacial score (nSPS) is 11.6. The van der Waals surface area contributed by atoms with Crippen LogP contribution in [0.5, 0.6) is 0 Å². The number of esters is 2. The lowest BCUT2D eigenvalue weighted by atomic mass is 10.0. The van der Waals surface area contributed by atoms with Crippen LogP contribution in [0, 0.1) is 0 Å². The average molecular weight is 832 g/mol. The predicted molar refractivity (Wildman–Crippen MR) is 240 cm³/mol. The maximum atomic E-state index is 11.3. The zero-order chi connectivity index (χ0) is 41.2. The monoisotopic (exact) mass is 832 g/mol. The SMILES string of the molecule is C=C(C)C(=O)OCCCCCCCCCCCCCCCCCCCO[P+](O)(OS)OCCCCCCCCCCCCCCCCCCCOC(=O)C(=C)C. The van der Waals surface area contributed by atoms with E-state index in [1.165, 1.54) is 167 Å². The van der Waals surface area contributed by atoms with Crippen LogP contribution < -0.4 is 0 Å². The lowest BCUT2D eigenvalue weighted by Crippen LogP contribution is -2.05. The zero-order valence-electron chi connectivity index (χ0n) is 36.5. The van der Waals surface area contributed by atoms with Crippen molar-refractivity contribution in [2.45, 2.75) is 232 Å². The third-order valence-corrected chi connectivity index (χ3v) is 12.2. The summed E-state index contributed by atoms with van der Waals surface area (Å²) in [7, 11) is -3.32. The summed E-state index contributed by atoms with van der Waals surface area (Å²) in [5, 5.41) is 0. The summed E-state index contributed by atoms with van der Waals surface area (Å²) < 4.78 is 26.4. The van der Waals surface area contributed by atoms with Crippen LogP contribution >= 0.6 is 21.1 Å². The van der Waals surface area contributed by atoms with Crippen molar-refractivity contribution in [2.75, 3.05) is 26.4 Å². The molecule has 0 saturated carbocycles. The van der Waals surface area contributed by atoms with Gasteiger partial charge in [0.05, 0.1) is 13.2 Å². The third-order valence-electron chi connectivity index (χ3n) is 10.4. The third kappa shape index (κ3) is 39.8. The molecule has 0 fully saturated rings. The molecule has 0 aromatic heterocycles. The standard InChI is InChI=1S/C46H87O8PS/c1-43(2)45(47)50-39-35-31-27-23-19-15-11-7-5-9-13-17-21-25-29-33-37-41-52-55(49,54-56)53-42-38-34-30-26-22-18-14-10-6-8-12-16-20-24-28-32-36-40-51-46(48)44(3)4/h49H,1,3,5-42H2,2,4H3/p+1. The molecule has 0 aliphatic heterocycles. The molecule has 0 aromatic rings. The summed E-state index contributed by atoms with van der Waals surface area (Å²) in [6.45, 7) is 12.5. The van der Waals surface area contributed by atoms with E-state index in [0.717, 1.165) is 51.4 Å². The van der Waals surface area contributed by atoms with Gasteiger partial charge in [0.1, 0.15) is 13.2 Å². The van der Waals surface area contributed by atoms with Gasteiger partial charge >= 0.3 is 20.1 Å². The van der Waals surface area contributed by atoms with E-state index in [9.17, 15) is 14.5 Å². The first kappa shape index (κ1) is 55.0. The van der Waals surface area contributed by atoms with E-state index in [0.29, 0.717) is 37.6 Å². The van der Waals surface area contributed by atoms with Crippen LogP contribution in [-0.4, -0.2) is 43.3 Å². The van der Waals surface area contributed by atoms with Crippen molar-refractivity contribution in [1.82, 2.24) is 0 Å². The Labute approximate surface area is 351 Å². The van der Waals surface area contributed by atoms with Gasteiger partial charge in [0.25, 0.3) is 0 Å². The fourth-order valence-electron chi connectivity index (χ4n) is 6.73. The second-order valence-corrected chi connectivity index (χ2v) is 18.2. The van der Waals surface area contributed by atoms with E-state index < -0.39 is 8.17 Å². The molecule has 0 heterocycles. The minimum absolute atomic E-state index is 0.272.